The molecule has 33 heavy (non-hydrogen) atoms. The molecule has 0 radical (unpaired) electrons. The van der Waals surface area contributed by atoms with Gasteiger partial charge in [-0.05, 0) is 41.3 Å². The minimum absolute atomic E-state index is 0.0624. The summed E-state index contributed by atoms with van der Waals surface area (Å²) in [4.78, 5) is 16.2. The number of para-hydroxylation sites is 1. The molecular formula is C29H32N2O2. The molecule has 0 fully saturated rings. The Morgan fingerprint density at radius 2 is 1.79 bits per heavy atom. The molecule has 0 spiro atoms. The van der Waals surface area contributed by atoms with Crippen molar-refractivity contribution in [3.8, 4) is 5.75 Å². The normalized spacial score (nSPS) is 11.9. The molecule has 0 aliphatic carbocycles. The maximum absolute atomic E-state index is 12.9. The summed E-state index contributed by atoms with van der Waals surface area (Å²) in [5.74, 6) is 0.828. The summed E-state index contributed by atoms with van der Waals surface area (Å²) < 4.78 is 6.08. The number of unbranched alkanes of at least 4 members (excludes halogenated alkanes) is 2. The van der Waals surface area contributed by atoms with Crippen molar-refractivity contribution in [2.45, 2.75) is 45.1 Å². The van der Waals surface area contributed by atoms with E-state index in [1.165, 1.54) is 0 Å². The highest BCUT2D eigenvalue weighted by Gasteiger charge is 2.22. The zero-order chi connectivity index (χ0) is 22.9. The Bertz CT molecular complexity index is 1170. The molecule has 0 aliphatic heterocycles. The van der Waals surface area contributed by atoms with Gasteiger partial charge >= 0.3 is 0 Å². The third-order valence-corrected chi connectivity index (χ3v) is 6.00. The number of carbonyl (C=O) groups is 1. The SMILES string of the molecule is CCCCCNC(=O)C[C@H](c1cccc(OCc2ccccc2)c1)c1c[nH]c2ccccc12. The van der Waals surface area contributed by atoms with Crippen molar-refractivity contribution in [1.82, 2.24) is 10.3 Å². The summed E-state index contributed by atoms with van der Waals surface area (Å²) in [5, 5.41) is 4.26. The Hall–Kier alpha value is -3.53. The van der Waals surface area contributed by atoms with E-state index in [1.54, 1.807) is 0 Å². The summed E-state index contributed by atoms with van der Waals surface area (Å²) in [7, 11) is 0. The first-order chi connectivity index (χ1) is 16.2. The molecule has 0 saturated heterocycles. The van der Waals surface area contributed by atoms with Crippen molar-refractivity contribution in [2.24, 2.45) is 0 Å². The van der Waals surface area contributed by atoms with Crippen LogP contribution in [0, 0.1) is 0 Å². The van der Waals surface area contributed by atoms with Crippen molar-refractivity contribution < 1.29 is 9.53 Å². The molecule has 170 valence electrons. The average Bonchev–Trinajstić information content (AvgIpc) is 3.29. The Labute approximate surface area is 196 Å². The van der Waals surface area contributed by atoms with Crippen LogP contribution in [0.2, 0.25) is 0 Å². The lowest BCUT2D eigenvalue weighted by atomic mass is 9.88. The molecule has 0 aliphatic rings. The van der Waals surface area contributed by atoms with Crippen molar-refractivity contribution in [1.29, 1.82) is 0 Å². The third-order valence-electron chi connectivity index (χ3n) is 6.00. The van der Waals surface area contributed by atoms with Crippen molar-refractivity contribution in [3.63, 3.8) is 0 Å². The largest absolute Gasteiger partial charge is 0.489 e. The van der Waals surface area contributed by atoms with Crippen LogP contribution in [0.15, 0.2) is 85.1 Å². The number of ether oxygens (including phenoxy) is 1. The first-order valence-electron chi connectivity index (χ1n) is 11.8. The fourth-order valence-corrected chi connectivity index (χ4v) is 4.21. The quantitative estimate of drug-likeness (QED) is 0.259. The van der Waals surface area contributed by atoms with Crippen LogP contribution in [0.3, 0.4) is 0 Å². The second-order valence-corrected chi connectivity index (χ2v) is 8.45. The highest BCUT2D eigenvalue weighted by atomic mass is 16.5. The highest BCUT2D eigenvalue weighted by molar-refractivity contribution is 5.86. The first kappa shape index (κ1) is 22.7. The van der Waals surface area contributed by atoms with Crippen LogP contribution in [0.25, 0.3) is 10.9 Å². The maximum Gasteiger partial charge on any atom is 0.220 e. The Morgan fingerprint density at radius 3 is 2.64 bits per heavy atom. The third kappa shape index (κ3) is 6.04. The van der Waals surface area contributed by atoms with Gasteiger partial charge in [0.2, 0.25) is 5.91 Å². The van der Waals surface area contributed by atoms with Gasteiger partial charge in [0, 0.05) is 36.0 Å². The number of aromatic amines is 1. The van der Waals surface area contributed by atoms with E-state index in [-0.39, 0.29) is 11.8 Å². The van der Waals surface area contributed by atoms with Crippen LogP contribution in [-0.4, -0.2) is 17.4 Å². The average molecular weight is 441 g/mol. The molecule has 1 aromatic heterocycles. The van der Waals surface area contributed by atoms with Crippen LogP contribution < -0.4 is 10.1 Å². The van der Waals surface area contributed by atoms with Crippen LogP contribution in [0.4, 0.5) is 0 Å². The van der Waals surface area contributed by atoms with E-state index >= 15 is 0 Å². The molecule has 4 nitrogen and oxygen atoms in total. The molecule has 1 amide bonds. The molecule has 2 N–H and O–H groups in total. The summed E-state index contributed by atoms with van der Waals surface area (Å²) in [6, 6.07) is 26.5. The van der Waals surface area contributed by atoms with E-state index < -0.39 is 0 Å². The van der Waals surface area contributed by atoms with Gasteiger partial charge in [-0.25, -0.2) is 0 Å². The second kappa shape index (κ2) is 11.4. The molecule has 4 heteroatoms. The Balaban J connectivity index is 1.57. The number of fused-ring (bicyclic) bond motifs is 1. The molecular weight excluding hydrogens is 408 g/mol. The number of H-pyrrole nitrogens is 1. The van der Waals surface area contributed by atoms with Crippen LogP contribution in [0.1, 0.15) is 55.2 Å². The second-order valence-electron chi connectivity index (χ2n) is 8.45. The summed E-state index contributed by atoms with van der Waals surface area (Å²) in [6.07, 6.45) is 5.73. The van der Waals surface area contributed by atoms with Gasteiger partial charge < -0.3 is 15.0 Å². The predicted octanol–water partition coefficient (Wildman–Crippen LogP) is 6.58. The number of nitrogens with one attached hydrogen (secondary N) is 2. The van der Waals surface area contributed by atoms with Gasteiger partial charge in [0.25, 0.3) is 0 Å². The van der Waals surface area contributed by atoms with Gasteiger partial charge in [-0.15, -0.1) is 0 Å². The van der Waals surface area contributed by atoms with E-state index in [2.05, 4.69) is 53.6 Å². The number of benzene rings is 3. The molecule has 4 aromatic rings. The minimum atomic E-state index is -0.0624. The van der Waals surface area contributed by atoms with Crippen molar-refractivity contribution in [2.75, 3.05) is 6.54 Å². The Kier molecular flexibility index (Phi) is 7.81. The van der Waals surface area contributed by atoms with E-state index in [1.807, 2.05) is 48.7 Å². The number of amides is 1. The molecule has 1 heterocycles. The van der Waals surface area contributed by atoms with Crippen molar-refractivity contribution >= 4 is 16.8 Å². The van der Waals surface area contributed by atoms with E-state index in [0.717, 1.165) is 59.2 Å². The fraction of sp³-hybridized carbons (Fsp3) is 0.276. The van der Waals surface area contributed by atoms with E-state index in [4.69, 9.17) is 4.74 Å². The topological polar surface area (TPSA) is 54.1 Å². The molecule has 3 aromatic carbocycles. The molecule has 0 bridgehead atoms. The lowest BCUT2D eigenvalue weighted by Gasteiger charge is -2.18. The molecule has 0 unspecified atom stereocenters. The van der Waals surface area contributed by atoms with Crippen LogP contribution in [0.5, 0.6) is 5.75 Å². The molecule has 0 saturated carbocycles. The number of carbonyl (C=O) groups excluding carboxylic acids is 1. The number of aromatic nitrogens is 1. The minimum Gasteiger partial charge on any atom is -0.489 e. The number of hydrogen-bond acceptors (Lipinski definition) is 2. The number of hydrogen-bond donors (Lipinski definition) is 2. The summed E-state index contributed by atoms with van der Waals surface area (Å²) in [6.45, 7) is 3.41. The van der Waals surface area contributed by atoms with Gasteiger partial charge in [-0.2, -0.15) is 0 Å². The zero-order valence-electron chi connectivity index (χ0n) is 19.2. The first-order valence-corrected chi connectivity index (χ1v) is 11.8. The zero-order valence-corrected chi connectivity index (χ0v) is 19.2. The van der Waals surface area contributed by atoms with Crippen LogP contribution >= 0.6 is 0 Å². The fourth-order valence-electron chi connectivity index (χ4n) is 4.21. The standard InChI is InChI=1S/C29H32N2O2/c1-2-3-9-17-30-29(32)19-26(27-20-31-28-16-8-7-15-25(27)28)23-13-10-14-24(18-23)33-21-22-11-5-4-6-12-22/h4-8,10-16,18,20,26,31H,2-3,9,17,19,21H2,1H3,(H,30,32)/t26-/m1/s1. The summed E-state index contributed by atoms with van der Waals surface area (Å²) >= 11 is 0. The van der Waals surface area contributed by atoms with Gasteiger partial charge in [0.05, 0.1) is 0 Å². The monoisotopic (exact) mass is 440 g/mol. The lowest BCUT2D eigenvalue weighted by molar-refractivity contribution is -0.121. The van der Waals surface area contributed by atoms with Gasteiger partial charge in [0.1, 0.15) is 12.4 Å². The smallest absolute Gasteiger partial charge is 0.220 e. The van der Waals surface area contributed by atoms with E-state index in [0.29, 0.717) is 13.0 Å². The van der Waals surface area contributed by atoms with Crippen LogP contribution in [-0.2, 0) is 11.4 Å². The Morgan fingerprint density at radius 1 is 0.970 bits per heavy atom. The van der Waals surface area contributed by atoms with Gasteiger partial charge in [-0.3, -0.25) is 4.79 Å². The van der Waals surface area contributed by atoms with Gasteiger partial charge in [0.15, 0.2) is 0 Å². The highest BCUT2D eigenvalue weighted by Crippen LogP contribution is 2.35. The van der Waals surface area contributed by atoms with E-state index in [9.17, 15) is 4.79 Å². The lowest BCUT2D eigenvalue weighted by Crippen LogP contribution is -2.26. The predicted molar refractivity (Wildman–Crippen MR) is 135 cm³/mol. The number of rotatable bonds is 11. The maximum atomic E-state index is 12.9. The van der Waals surface area contributed by atoms with Crippen molar-refractivity contribution in [3.05, 3.63) is 102 Å². The molecule has 4 rings (SSSR count). The summed E-state index contributed by atoms with van der Waals surface area (Å²) in [5.41, 5.74) is 4.42. The van der Waals surface area contributed by atoms with Gasteiger partial charge in [-0.1, -0.05) is 80.4 Å². The molecule has 1 atom stereocenters.